The Morgan fingerprint density at radius 1 is 1.10 bits per heavy atom. The summed E-state index contributed by atoms with van der Waals surface area (Å²) in [7, 11) is 0. The number of benzene rings is 2. The molecule has 0 unspecified atom stereocenters. The third kappa shape index (κ3) is 4.21. The van der Waals surface area contributed by atoms with Crippen LogP contribution in [0.3, 0.4) is 0 Å². The van der Waals surface area contributed by atoms with Crippen LogP contribution in [0.15, 0.2) is 54.6 Å². The van der Waals surface area contributed by atoms with Crippen molar-refractivity contribution < 1.29 is 18.8 Å². The van der Waals surface area contributed by atoms with Crippen molar-refractivity contribution in [1.29, 1.82) is 0 Å². The van der Waals surface area contributed by atoms with Crippen LogP contribution in [0.1, 0.15) is 12.0 Å². The number of fused-ring (bicyclic) bond motifs is 1. The van der Waals surface area contributed by atoms with Crippen LogP contribution in [-0.4, -0.2) is 47.4 Å². The number of halogens is 1. The fraction of sp³-hybridized carbons (Fsp3) is 0.286. The molecule has 0 spiro atoms. The van der Waals surface area contributed by atoms with Gasteiger partial charge in [-0.25, -0.2) is 9.18 Å². The van der Waals surface area contributed by atoms with Gasteiger partial charge >= 0.3 is 6.03 Å². The number of rotatable bonds is 4. The molecule has 0 saturated carbocycles. The standard InChI is InChI=1S/C21H21FN4O3/c22-14-6-8-15(9-7-14)23-21(29)24-16-11-18-19(27)25-17(20(28)26(18)12-16)10-13-4-2-1-3-5-13/h1-9,16-18H,10-12H2,(H,25,27)(H2,23,24,29)/t16-,17+,18-/m0/s1. The quantitative estimate of drug-likeness (QED) is 0.734. The number of nitrogens with one attached hydrogen (secondary N) is 3. The van der Waals surface area contributed by atoms with Gasteiger partial charge in [0.2, 0.25) is 11.8 Å². The lowest BCUT2D eigenvalue weighted by atomic mass is 10.0. The highest BCUT2D eigenvalue weighted by Gasteiger charge is 2.46. The van der Waals surface area contributed by atoms with Crippen LogP contribution >= 0.6 is 0 Å². The fourth-order valence-corrected chi connectivity index (χ4v) is 3.84. The number of carbonyl (C=O) groups excluding carboxylic acids is 3. The summed E-state index contributed by atoms with van der Waals surface area (Å²) >= 11 is 0. The molecule has 3 N–H and O–H groups in total. The molecular weight excluding hydrogens is 375 g/mol. The maximum atomic E-state index is 13.0. The molecule has 0 aliphatic carbocycles. The van der Waals surface area contributed by atoms with E-state index >= 15 is 0 Å². The van der Waals surface area contributed by atoms with E-state index in [9.17, 15) is 18.8 Å². The zero-order valence-corrected chi connectivity index (χ0v) is 15.6. The zero-order chi connectivity index (χ0) is 20.4. The van der Waals surface area contributed by atoms with E-state index in [1.807, 2.05) is 30.3 Å². The topological polar surface area (TPSA) is 90.5 Å². The van der Waals surface area contributed by atoms with Gasteiger partial charge in [0.25, 0.3) is 0 Å². The number of hydrogen-bond acceptors (Lipinski definition) is 3. The summed E-state index contributed by atoms with van der Waals surface area (Å²) in [4.78, 5) is 39.1. The largest absolute Gasteiger partial charge is 0.342 e. The van der Waals surface area contributed by atoms with Crippen LogP contribution in [0, 0.1) is 5.82 Å². The normalized spacial score (nSPS) is 23.3. The minimum absolute atomic E-state index is 0.137. The highest BCUT2D eigenvalue weighted by Crippen LogP contribution is 2.24. The van der Waals surface area contributed by atoms with Crippen molar-refractivity contribution in [2.75, 3.05) is 11.9 Å². The molecule has 7 nitrogen and oxygen atoms in total. The number of nitrogens with zero attached hydrogens (tertiary/aromatic N) is 1. The van der Waals surface area contributed by atoms with Crippen molar-refractivity contribution in [2.45, 2.75) is 31.0 Å². The Balaban J connectivity index is 1.37. The van der Waals surface area contributed by atoms with Crippen LogP contribution < -0.4 is 16.0 Å². The van der Waals surface area contributed by atoms with Gasteiger partial charge in [0.05, 0.1) is 6.04 Å². The molecule has 2 aliphatic rings. The molecule has 4 amide bonds. The van der Waals surface area contributed by atoms with Gasteiger partial charge < -0.3 is 20.9 Å². The van der Waals surface area contributed by atoms with Crippen LogP contribution in [0.2, 0.25) is 0 Å². The van der Waals surface area contributed by atoms with Gasteiger partial charge in [-0.05, 0) is 36.2 Å². The molecule has 2 aromatic rings. The Hall–Kier alpha value is -3.42. The highest BCUT2D eigenvalue weighted by atomic mass is 19.1. The Morgan fingerprint density at radius 3 is 2.55 bits per heavy atom. The monoisotopic (exact) mass is 396 g/mol. The zero-order valence-electron chi connectivity index (χ0n) is 15.6. The first-order chi connectivity index (χ1) is 14.0. The summed E-state index contributed by atoms with van der Waals surface area (Å²) in [6.07, 6.45) is 0.782. The Morgan fingerprint density at radius 2 is 1.83 bits per heavy atom. The number of anilines is 1. The van der Waals surface area contributed by atoms with E-state index in [0.717, 1.165) is 5.56 Å². The van der Waals surface area contributed by atoms with E-state index in [1.54, 1.807) is 4.90 Å². The van der Waals surface area contributed by atoms with E-state index in [4.69, 9.17) is 0 Å². The van der Waals surface area contributed by atoms with Crippen molar-refractivity contribution in [1.82, 2.24) is 15.5 Å². The van der Waals surface area contributed by atoms with Crippen molar-refractivity contribution in [2.24, 2.45) is 0 Å². The van der Waals surface area contributed by atoms with Crippen LogP contribution in [-0.2, 0) is 16.0 Å². The number of piperazine rings is 1. The molecule has 2 fully saturated rings. The van der Waals surface area contributed by atoms with Gasteiger partial charge in [-0.2, -0.15) is 0 Å². The van der Waals surface area contributed by atoms with Gasteiger partial charge in [0, 0.05) is 18.7 Å². The average Bonchev–Trinajstić information content (AvgIpc) is 3.13. The van der Waals surface area contributed by atoms with Crippen molar-refractivity contribution >= 4 is 23.5 Å². The molecular formula is C21H21FN4O3. The number of hydrogen-bond donors (Lipinski definition) is 3. The summed E-state index contributed by atoms with van der Waals surface area (Å²) in [5.74, 6) is -0.728. The van der Waals surface area contributed by atoms with E-state index in [1.165, 1.54) is 24.3 Å². The van der Waals surface area contributed by atoms with E-state index in [0.29, 0.717) is 18.5 Å². The molecule has 2 aliphatic heterocycles. The highest BCUT2D eigenvalue weighted by molar-refractivity contribution is 5.98. The molecule has 3 atom stereocenters. The van der Waals surface area contributed by atoms with Crippen LogP contribution in [0.4, 0.5) is 14.9 Å². The van der Waals surface area contributed by atoms with Crippen molar-refractivity contribution in [3.8, 4) is 0 Å². The van der Waals surface area contributed by atoms with E-state index in [2.05, 4.69) is 16.0 Å². The molecule has 0 aromatic heterocycles. The first kappa shape index (κ1) is 18.9. The average molecular weight is 396 g/mol. The second kappa shape index (κ2) is 7.90. The minimum atomic E-state index is -0.604. The fourth-order valence-electron chi connectivity index (χ4n) is 3.84. The first-order valence-corrected chi connectivity index (χ1v) is 9.47. The van der Waals surface area contributed by atoms with Crippen molar-refractivity contribution in [3.05, 3.63) is 66.0 Å². The lowest BCUT2D eigenvalue weighted by Crippen LogP contribution is -2.61. The van der Waals surface area contributed by atoms with Crippen LogP contribution in [0.25, 0.3) is 0 Å². The maximum absolute atomic E-state index is 13.0. The first-order valence-electron chi connectivity index (χ1n) is 9.47. The summed E-state index contributed by atoms with van der Waals surface area (Å²) in [5.41, 5.74) is 1.42. The SMILES string of the molecule is O=C(Nc1ccc(F)cc1)N[C@H]1C[C@H]2C(=O)N[C@H](Cc3ccccc3)C(=O)N2C1. The van der Waals surface area contributed by atoms with E-state index < -0.39 is 23.9 Å². The maximum Gasteiger partial charge on any atom is 0.319 e. The Kier molecular flexibility index (Phi) is 5.16. The summed E-state index contributed by atoms with van der Waals surface area (Å²) in [6, 6.07) is 12.9. The minimum Gasteiger partial charge on any atom is -0.342 e. The third-order valence-corrected chi connectivity index (χ3v) is 5.22. The predicted molar refractivity (Wildman–Crippen MR) is 105 cm³/mol. The molecule has 2 heterocycles. The smallest absolute Gasteiger partial charge is 0.319 e. The number of amides is 4. The second-order valence-electron chi connectivity index (χ2n) is 7.30. The van der Waals surface area contributed by atoms with Gasteiger partial charge in [0.15, 0.2) is 0 Å². The van der Waals surface area contributed by atoms with Gasteiger partial charge in [-0.3, -0.25) is 9.59 Å². The van der Waals surface area contributed by atoms with Gasteiger partial charge in [0.1, 0.15) is 17.9 Å². The van der Waals surface area contributed by atoms with Crippen molar-refractivity contribution in [3.63, 3.8) is 0 Å². The summed E-state index contributed by atoms with van der Waals surface area (Å²) in [6.45, 7) is 0.277. The molecule has 4 rings (SSSR count). The second-order valence-corrected chi connectivity index (χ2v) is 7.30. The van der Waals surface area contributed by atoms with Gasteiger partial charge in [-0.15, -0.1) is 0 Å². The number of urea groups is 1. The van der Waals surface area contributed by atoms with Gasteiger partial charge in [-0.1, -0.05) is 30.3 Å². The van der Waals surface area contributed by atoms with E-state index in [-0.39, 0.29) is 24.4 Å². The van der Waals surface area contributed by atoms with Crippen LogP contribution in [0.5, 0.6) is 0 Å². The predicted octanol–water partition coefficient (Wildman–Crippen LogP) is 1.66. The summed E-state index contributed by atoms with van der Waals surface area (Å²) in [5, 5.41) is 8.22. The molecule has 0 radical (unpaired) electrons. The number of carbonyl (C=O) groups is 3. The summed E-state index contributed by atoms with van der Waals surface area (Å²) < 4.78 is 13.0. The Labute approximate surface area is 167 Å². The molecule has 150 valence electrons. The molecule has 8 heteroatoms. The lowest BCUT2D eigenvalue weighted by molar-refractivity contribution is -0.147. The molecule has 0 bridgehead atoms. The third-order valence-electron chi connectivity index (χ3n) is 5.22. The molecule has 2 saturated heterocycles. The molecule has 29 heavy (non-hydrogen) atoms. The lowest BCUT2D eigenvalue weighted by Gasteiger charge is -2.34. The Bertz CT molecular complexity index is 919. The molecule has 2 aromatic carbocycles.